The third kappa shape index (κ3) is 1.89. The largest absolute Gasteiger partial charge is 0.378 e. The predicted molar refractivity (Wildman–Crippen MR) is 48.9 cm³/mol. The first-order valence-electron chi connectivity index (χ1n) is 3.78. The molecule has 1 aliphatic heterocycles. The van der Waals surface area contributed by atoms with E-state index < -0.39 is 0 Å². The van der Waals surface area contributed by atoms with Gasteiger partial charge in [-0.2, -0.15) is 5.10 Å². The van der Waals surface area contributed by atoms with E-state index in [1.807, 2.05) is 12.4 Å². The van der Waals surface area contributed by atoms with Crippen molar-refractivity contribution >= 4 is 18.1 Å². The number of hydrogen-bond donors (Lipinski definition) is 1. The fourth-order valence-corrected chi connectivity index (χ4v) is 1.24. The molecule has 1 aromatic rings. The zero-order valence-corrected chi connectivity index (χ0v) is 7.51. The van der Waals surface area contributed by atoms with Crippen LogP contribution in [0.15, 0.2) is 12.4 Å². The Balaban J connectivity index is 0.000000720. The molecule has 1 fully saturated rings. The van der Waals surface area contributed by atoms with E-state index in [0.29, 0.717) is 0 Å². The van der Waals surface area contributed by atoms with E-state index in [1.165, 1.54) is 0 Å². The van der Waals surface area contributed by atoms with Gasteiger partial charge in [0, 0.05) is 19.3 Å². The minimum Gasteiger partial charge on any atom is -0.378 e. The van der Waals surface area contributed by atoms with Gasteiger partial charge in [-0.1, -0.05) is 0 Å². The average Bonchev–Trinajstić information content (AvgIpc) is 2.58. The molecule has 2 rings (SSSR count). The fraction of sp³-hybridized carbons (Fsp3) is 0.571. The number of hydrogen-bond acceptors (Lipinski definition) is 3. The van der Waals surface area contributed by atoms with Crippen molar-refractivity contribution in [2.24, 2.45) is 0 Å². The SMILES string of the molecule is Cl.c1n[nH]cc1N1CCOCC1. The molecule has 2 heterocycles. The number of halogens is 1. The van der Waals surface area contributed by atoms with Crippen molar-refractivity contribution in [2.75, 3.05) is 31.2 Å². The molecule has 1 aromatic heterocycles. The van der Waals surface area contributed by atoms with Gasteiger partial charge in [-0.05, 0) is 0 Å². The number of nitrogens with zero attached hydrogens (tertiary/aromatic N) is 2. The maximum Gasteiger partial charge on any atom is 0.0751 e. The molecule has 1 aliphatic rings. The molecule has 0 saturated carbocycles. The molecule has 0 aliphatic carbocycles. The van der Waals surface area contributed by atoms with Crippen molar-refractivity contribution in [3.63, 3.8) is 0 Å². The lowest BCUT2D eigenvalue weighted by molar-refractivity contribution is 0.122. The molecule has 1 N–H and O–H groups in total. The molecule has 5 heteroatoms. The third-order valence-electron chi connectivity index (χ3n) is 1.86. The summed E-state index contributed by atoms with van der Waals surface area (Å²) in [6.45, 7) is 3.59. The lowest BCUT2D eigenvalue weighted by Gasteiger charge is -2.27. The summed E-state index contributed by atoms with van der Waals surface area (Å²) in [5, 5.41) is 6.68. The standard InChI is InChI=1S/C7H11N3O.ClH/c1-3-11-4-2-10(1)7-5-8-9-6-7;/h5-6H,1-4H2,(H,8,9);1H. The first-order valence-corrected chi connectivity index (χ1v) is 3.78. The lowest BCUT2D eigenvalue weighted by atomic mass is 10.4. The summed E-state index contributed by atoms with van der Waals surface area (Å²) >= 11 is 0. The Kier molecular flexibility index (Phi) is 3.37. The zero-order valence-electron chi connectivity index (χ0n) is 6.69. The molecule has 0 aromatic carbocycles. The molecule has 0 atom stereocenters. The number of morpholine rings is 1. The molecule has 0 amide bonds. The Labute approximate surface area is 77.3 Å². The number of anilines is 1. The van der Waals surface area contributed by atoms with Crippen LogP contribution in [0.4, 0.5) is 5.69 Å². The molecular formula is C7H12ClN3O. The van der Waals surface area contributed by atoms with Gasteiger partial charge in [0.1, 0.15) is 0 Å². The van der Waals surface area contributed by atoms with Crippen molar-refractivity contribution in [3.05, 3.63) is 12.4 Å². The maximum atomic E-state index is 5.23. The summed E-state index contributed by atoms with van der Waals surface area (Å²) in [4.78, 5) is 2.26. The van der Waals surface area contributed by atoms with E-state index in [4.69, 9.17) is 4.74 Å². The summed E-state index contributed by atoms with van der Waals surface area (Å²) < 4.78 is 5.23. The van der Waals surface area contributed by atoms with Gasteiger partial charge in [0.15, 0.2) is 0 Å². The van der Waals surface area contributed by atoms with Crippen LogP contribution in [-0.4, -0.2) is 36.5 Å². The summed E-state index contributed by atoms with van der Waals surface area (Å²) in [6.07, 6.45) is 3.75. The van der Waals surface area contributed by atoms with Crippen LogP contribution in [0.2, 0.25) is 0 Å². The molecule has 0 radical (unpaired) electrons. The average molecular weight is 190 g/mol. The monoisotopic (exact) mass is 189 g/mol. The summed E-state index contributed by atoms with van der Waals surface area (Å²) in [5.74, 6) is 0. The van der Waals surface area contributed by atoms with E-state index in [1.54, 1.807) is 0 Å². The van der Waals surface area contributed by atoms with Crippen molar-refractivity contribution in [2.45, 2.75) is 0 Å². The minimum absolute atomic E-state index is 0. The maximum absolute atomic E-state index is 5.23. The Morgan fingerprint density at radius 2 is 2.17 bits per heavy atom. The number of H-pyrrole nitrogens is 1. The quantitative estimate of drug-likeness (QED) is 0.706. The highest BCUT2D eigenvalue weighted by Gasteiger charge is 2.10. The zero-order chi connectivity index (χ0) is 7.52. The molecule has 68 valence electrons. The summed E-state index contributed by atoms with van der Waals surface area (Å²) in [7, 11) is 0. The van der Waals surface area contributed by atoms with Gasteiger partial charge in [-0.25, -0.2) is 0 Å². The number of rotatable bonds is 1. The van der Waals surface area contributed by atoms with Crippen molar-refractivity contribution < 1.29 is 4.74 Å². The number of aromatic nitrogens is 2. The van der Waals surface area contributed by atoms with Crippen molar-refractivity contribution in [3.8, 4) is 0 Å². The summed E-state index contributed by atoms with van der Waals surface area (Å²) in [5.41, 5.74) is 1.16. The molecule has 1 saturated heterocycles. The topological polar surface area (TPSA) is 41.2 Å². The van der Waals surface area contributed by atoms with Crippen LogP contribution in [0.1, 0.15) is 0 Å². The van der Waals surface area contributed by atoms with Crippen LogP contribution in [0, 0.1) is 0 Å². The number of nitrogens with one attached hydrogen (secondary N) is 1. The molecule has 4 nitrogen and oxygen atoms in total. The smallest absolute Gasteiger partial charge is 0.0751 e. The second kappa shape index (κ2) is 4.33. The number of ether oxygens (including phenoxy) is 1. The van der Waals surface area contributed by atoms with E-state index in [9.17, 15) is 0 Å². The molecular weight excluding hydrogens is 178 g/mol. The van der Waals surface area contributed by atoms with Gasteiger partial charge in [0.05, 0.1) is 25.1 Å². The van der Waals surface area contributed by atoms with Gasteiger partial charge in [0.25, 0.3) is 0 Å². The van der Waals surface area contributed by atoms with Gasteiger partial charge >= 0.3 is 0 Å². The first kappa shape index (κ1) is 9.35. The molecule has 12 heavy (non-hydrogen) atoms. The fourth-order valence-electron chi connectivity index (χ4n) is 1.24. The van der Waals surface area contributed by atoms with Crippen LogP contribution in [0.25, 0.3) is 0 Å². The molecule has 0 bridgehead atoms. The Hall–Kier alpha value is -0.740. The summed E-state index contributed by atoms with van der Waals surface area (Å²) in [6, 6.07) is 0. The van der Waals surface area contributed by atoms with Crippen LogP contribution < -0.4 is 4.90 Å². The Morgan fingerprint density at radius 1 is 1.42 bits per heavy atom. The highest BCUT2D eigenvalue weighted by Crippen LogP contribution is 2.11. The predicted octanol–water partition coefficient (Wildman–Crippen LogP) is 0.668. The van der Waals surface area contributed by atoms with E-state index in [0.717, 1.165) is 32.0 Å². The normalized spacial score (nSPS) is 17.2. The van der Waals surface area contributed by atoms with E-state index in [-0.39, 0.29) is 12.4 Å². The van der Waals surface area contributed by atoms with Crippen LogP contribution in [-0.2, 0) is 4.74 Å². The third-order valence-corrected chi connectivity index (χ3v) is 1.86. The van der Waals surface area contributed by atoms with E-state index >= 15 is 0 Å². The van der Waals surface area contributed by atoms with Crippen LogP contribution in [0.3, 0.4) is 0 Å². The molecule has 0 unspecified atom stereocenters. The van der Waals surface area contributed by atoms with Crippen molar-refractivity contribution in [1.29, 1.82) is 0 Å². The van der Waals surface area contributed by atoms with E-state index in [2.05, 4.69) is 15.1 Å². The van der Waals surface area contributed by atoms with Gasteiger partial charge in [-0.15, -0.1) is 12.4 Å². The van der Waals surface area contributed by atoms with Gasteiger partial charge in [0.2, 0.25) is 0 Å². The first-order chi connectivity index (χ1) is 5.47. The van der Waals surface area contributed by atoms with Gasteiger partial charge < -0.3 is 9.64 Å². The van der Waals surface area contributed by atoms with Gasteiger partial charge in [-0.3, -0.25) is 5.10 Å². The van der Waals surface area contributed by atoms with Crippen molar-refractivity contribution in [1.82, 2.24) is 10.2 Å². The van der Waals surface area contributed by atoms with Crippen LogP contribution >= 0.6 is 12.4 Å². The lowest BCUT2D eigenvalue weighted by Crippen LogP contribution is -2.35. The second-order valence-electron chi connectivity index (χ2n) is 2.56. The molecule has 0 spiro atoms. The highest BCUT2D eigenvalue weighted by molar-refractivity contribution is 5.85. The second-order valence-corrected chi connectivity index (χ2v) is 2.56. The highest BCUT2D eigenvalue weighted by atomic mass is 35.5. The van der Waals surface area contributed by atoms with Crippen LogP contribution in [0.5, 0.6) is 0 Å². The Morgan fingerprint density at radius 3 is 2.75 bits per heavy atom. The minimum atomic E-state index is 0. The Bertz CT molecular complexity index is 208. The number of aromatic amines is 1.